The van der Waals surface area contributed by atoms with E-state index in [0.29, 0.717) is 12.3 Å². The Kier molecular flexibility index (Phi) is 7.15. The van der Waals surface area contributed by atoms with Crippen LogP contribution in [0.5, 0.6) is 5.75 Å². The third-order valence-corrected chi connectivity index (χ3v) is 8.14. The molecule has 0 saturated carbocycles. The molecule has 5 aromatic carbocycles. The lowest BCUT2D eigenvalue weighted by Crippen LogP contribution is -2.27. The molecule has 1 aliphatic heterocycles. The van der Waals surface area contributed by atoms with Gasteiger partial charge in [0.1, 0.15) is 5.75 Å². The summed E-state index contributed by atoms with van der Waals surface area (Å²) >= 11 is 0. The van der Waals surface area contributed by atoms with Crippen LogP contribution >= 0.6 is 0 Å². The molecule has 0 unspecified atom stereocenters. The van der Waals surface area contributed by atoms with E-state index in [4.69, 9.17) is 0 Å². The van der Waals surface area contributed by atoms with Crippen molar-refractivity contribution in [3.05, 3.63) is 155 Å². The molecule has 1 fully saturated rings. The first kappa shape index (κ1) is 25.9. The zero-order valence-electron chi connectivity index (χ0n) is 23.5. The number of hydrogen-bond donors (Lipinski definition) is 1. The van der Waals surface area contributed by atoms with Crippen molar-refractivity contribution in [3.8, 4) is 16.9 Å². The van der Waals surface area contributed by atoms with Gasteiger partial charge in [-0.25, -0.2) is 0 Å². The monoisotopic (exact) mass is 524 g/mol. The highest BCUT2D eigenvalue weighted by molar-refractivity contribution is 5.71. The molecular formula is C37H36N2O. The molecule has 3 heteroatoms. The Morgan fingerprint density at radius 3 is 1.80 bits per heavy atom. The summed E-state index contributed by atoms with van der Waals surface area (Å²) in [6.45, 7) is 8.01. The Morgan fingerprint density at radius 2 is 1.20 bits per heavy atom. The van der Waals surface area contributed by atoms with Crippen LogP contribution in [0.3, 0.4) is 0 Å². The van der Waals surface area contributed by atoms with E-state index in [1.54, 1.807) is 0 Å². The highest BCUT2D eigenvalue weighted by Gasteiger charge is 2.43. The molecule has 2 atom stereocenters. The van der Waals surface area contributed by atoms with Crippen molar-refractivity contribution in [2.24, 2.45) is 0 Å². The maximum atomic E-state index is 11.5. The number of phenolic OH excluding ortho intramolecular Hbond substituents is 1. The lowest BCUT2D eigenvalue weighted by molar-refractivity contribution is 0.236. The predicted octanol–water partition coefficient (Wildman–Crippen LogP) is 8.75. The maximum absolute atomic E-state index is 11.5. The average Bonchev–Trinajstić information content (AvgIpc) is 3.33. The van der Waals surface area contributed by atoms with Gasteiger partial charge in [-0.1, -0.05) is 127 Å². The summed E-state index contributed by atoms with van der Waals surface area (Å²) in [6.07, 6.45) is 0. The van der Waals surface area contributed by atoms with E-state index in [-0.39, 0.29) is 12.1 Å². The van der Waals surface area contributed by atoms with Crippen molar-refractivity contribution in [3.63, 3.8) is 0 Å². The standard InChI is InChI=1S/C37H36N2O/c1-26-22-27(2)34(28(3)23-26)39-25-38(24-32-20-13-21-33(37(32)40)29-14-7-4-8-15-29)35(30-16-9-5-10-17-30)36(39)31-18-11-6-12-19-31/h4-23,35-36,40H,24-25H2,1-3H3/t35-,36-/m1/s1. The molecule has 1 saturated heterocycles. The molecule has 1 heterocycles. The molecule has 0 aromatic heterocycles. The Balaban J connectivity index is 1.48. The lowest BCUT2D eigenvalue weighted by atomic mass is 9.91. The van der Waals surface area contributed by atoms with Crippen LogP contribution in [-0.2, 0) is 6.54 Å². The Labute approximate surface area is 238 Å². The fourth-order valence-corrected chi connectivity index (χ4v) is 6.57. The van der Waals surface area contributed by atoms with Crippen molar-refractivity contribution >= 4 is 5.69 Å². The molecule has 0 aliphatic carbocycles. The molecule has 1 N–H and O–H groups in total. The molecule has 6 rings (SSSR count). The summed E-state index contributed by atoms with van der Waals surface area (Å²) in [5, 5.41) is 11.5. The van der Waals surface area contributed by atoms with E-state index >= 15 is 0 Å². The summed E-state index contributed by atoms with van der Waals surface area (Å²) < 4.78 is 0. The average molecular weight is 525 g/mol. The molecule has 1 aliphatic rings. The fraction of sp³-hybridized carbons (Fsp3) is 0.189. The molecule has 0 amide bonds. The zero-order chi connectivity index (χ0) is 27.6. The van der Waals surface area contributed by atoms with Crippen LogP contribution in [0.2, 0.25) is 0 Å². The molecular weight excluding hydrogens is 488 g/mol. The first-order chi connectivity index (χ1) is 19.5. The van der Waals surface area contributed by atoms with Gasteiger partial charge in [0, 0.05) is 23.4 Å². The number of benzene rings is 5. The minimum atomic E-state index is 0.100. The number of phenols is 1. The van der Waals surface area contributed by atoms with Crippen molar-refractivity contribution < 1.29 is 5.11 Å². The van der Waals surface area contributed by atoms with E-state index in [1.165, 1.54) is 33.5 Å². The fourth-order valence-electron chi connectivity index (χ4n) is 6.57. The van der Waals surface area contributed by atoms with Crippen LogP contribution < -0.4 is 4.90 Å². The number of anilines is 1. The second-order valence-electron chi connectivity index (χ2n) is 11.0. The molecule has 200 valence electrons. The van der Waals surface area contributed by atoms with Gasteiger partial charge < -0.3 is 10.0 Å². The van der Waals surface area contributed by atoms with Crippen molar-refractivity contribution in [1.82, 2.24) is 4.90 Å². The first-order valence-electron chi connectivity index (χ1n) is 14.1. The van der Waals surface area contributed by atoms with E-state index in [1.807, 2.05) is 24.3 Å². The Hall–Kier alpha value is -4.34. The van der Waals surface area contributed by atoms with Crippen LogP contribution in [0.1, 0.15) is 45.5 Å². The van der Waals surface area contributed by atoms with Crippen LogP contribution in [0, 0.1) is 20.8 Å². The molecule has 0 radical (unpaired) electrons. The van der Waals surface area contributed by atoms with Gasteiger partial charge in [0.2, 0.25) is 0 Å². The normalized spacial score (nSPS) is 17.3. The zero-order valence-corrected chi connectivity index (χ0v) is 23.5. The summed E-state index contributed by atoms with van der Waals surface area (Å²) in [6, 6.07) is 42.8. The van der Waals surface area contributed by atoms with E-state index in [9.17, 15) is 5.11 Å². The highest BCUT2D eigenvalue weighted by Crippen LogP contribution is 2.49. The third-order valence-electron chi connectivity index (χ3n) is 8.14. The number of hydrogen-bond acceptors (Lipinski definition) is 3. The van der Waals surface area contributed by atoms with E-state index in [2.05, 4.69) is 128 Å². The van der Waals surface area contributed by atoms with Gasteiger partial charge in [0.15, 0.2) is 0 Å². The number of nitrogens with zero attached hydrogens (tertiary/aromatic N) is 2. The topological polar surface area (TPSA) is 26.7 Å². The number of aryl methyl sites for hydroxylation is 3. The molecule has 3 nitrogen and oxygen atoms in total. The van der Waals surface area contributed by atoms with Crippen LogP contribution in [0.15, 0.2) is 121 Å². The summed E-state index contributed by atoms with van der Waals surface area (Å²) in [4.78, 5) is 5.10. The Morgan fingerprint density at radius 1 is 0.650 bits per heavy atom. The summed E-state index contributed by atoms with van der Waals surface area (Å²) in [7, 11) is 0. The van der Waals surface area contributed by atoms with Gasteiger partial charge in [-0.3, -0.25) is 4.90 Å². The number of para-hydroxylation sites is 1. The molecule has 0 bridgehead atoms. The van der Waals surface area contributed by atoms with Crippen LogP contribution in [-0.4, -0.2) is 16.7 Å². The van der Waals surface area contributed by atoms with Gasteiger partial charge >= 0.3 is 0 Å². The van der Waals surface area contributed by atoms with Gasteiger partial charge in [-0.05, 0) is 48.6 Å². The third kappa shape index (κ3) is 4.89. The molecule has 5 aromatic rings. The second-order valence-corrected chi connectivity index (χ2v) is 11.0. The van der Waals surface area contributed by atoms with Gasteiger partial charge in [-0.15, -0.1) is 0 Å². The molecule has 40 heavy (non-hydrogen) atoms. The number of aromatic hydroxyl groups is 1. The van der Waals surface area contributed by atoms with Crippen molar-refractivity contribution in [2.75, 3.05) is 11.6 Å². The van der Waals surface area contributed by atoms with Crippen molar-refractivity contribution in [2.45, 2.75) is 39.4 Å². The van der Waals surface area contributed by atoms with E-state index < -0.39 is 0 Å². The minimum absolute atomic E-state index is 0.100. The lowest BCUT2D eigenvalue weighted by Gasteiger charge is -2.32. The highest BCUT2D eigenvalue weighted by atomic mass is 16.3. The second kappa shape index (κ2) is 11.0. The smallest absolute Gasteiger partial charge is 0.127 e. The van der Waals surface area contributed by atoms with Gasteiger partial charge in [-0.2, -0.15) is 0 Å². The van der Waals surface area contributed by atoms with Crippen molar-refractivity contribution in [1.29, 1.82) is 0 Å². The molecule has 0 spiro atoms. The number of rotatable bonds is 6. The Bertz CT molecular complexity index is 1580. The summed E-state index contributed by atoms with van der Waals surface area (Å²) in [5.41, 5.74) is 10.6. The predicted molar refractivity (Wildman–Crippen MR) is 165 cm³/mol. The summed E-state index contributed by atoms with van der Waals surface area (Å²) in [5.74, 6) is 0.359. The SMILES string of the molecule is Cc1cc(C)c(N2CN(Cc3cccc(-c4ccccc4)c3O)[C@H](c3ccccc3)[C@H]2c2ccccc2)c(C)c1. The largest absolute Gasteiger partial charge is 0.507 e. The van der Waals surface area contributed by atoms with E-state index in [0.717, 1.165) is 23.4 Å². The minimum Gasteiger partial charge on any atom is -0.507 e. The quantitative estimate of drug-likeness (QED) is 0.241. The van der Waals surface area contributed by atoms with Gasteiger partial charge in [0.25, 0.3) is 0 Å². The van der Waals surface area contributed by atoms with Crippen LogP contribution in [0.25, 0.3) is 11.1 Å². The first-order valence-corrected chi connectivity index (χ1v) is 14.1. The van der Waals surface area contributed by atoms with Crippen LogP contribution in [0.4, 0.5) is 5.69 Å². The maximum Gasteiger partial charge on any atom is 0.127 e. The van der Waals surface area contributed by atoms with Gasteiger partial charge in [0.05, 0.1) is 18.8 Å².